The van der Waals surface area contributed by atoms with Gasteiger partial charge in [0.15, 0.2) is 5.82 Å². The standard InChI is InChI=1S/C18H23ClN6O/c1-11-12(16(19)24(2)23-11)9-25-8-6-14-13(10-25)18(26)22-17(21-14)15-5-3-4-7-20-15/h3-10H2,1-2H3,(H,21,22,26). The van der Waals surface area contributed by atoms with Crippen molar-refractivity contribution in [2.24, 2.45) is 12.0 Å². The van der Waals surface area contributed by atoms with E-state index in [2.05, 4.69) is 20.0 Å². The van der Waals surface area contributed by atoms with E-state index in [-0.39, 0.29) is 5.56 Å². The van der Waals surface area contributed by atoms with Crippen molar-refractivity contribution in [3.05, 3.63) is 43.8 Å². The molecular weight excluding hydrogens is 352 g/mol. The van der Waals surface area contributed by atoms with E-state index in [0.717, 1.165) is 67.0 Å². The molecule has 138 valence electrons. The number of aromatic amines is 1. The van der Waals surface area contributed by atoms with Crippen LogP contribution in [0, 0.1) is 6.92 Å². The first kappa shape index (κ1) is 17.4. The van der Waals surface area contributed by atoms with Crippen LogP contribution in [-0.2, 0) is 26.6 Å². The van der Waals surface area contributed by atoms with Crippen LogP contribution < -0.4 is 5.56 Å². The summed E-state index contributed by atoms with van der Waals surface area (Å²) in [4.78, 5) is 27.1. The second-order valence-corrected chi connectivity index (χ2v) is 7.42. The van der Waals surface area contributed by atoms with Crippen LogP contribution in [0.25, 0.3) is 0 Å². The van der Waals surface area contributed by atoms with Crippen molar-refractivity contribution >= 4 is 17.3 Å². The maximum absolute atomic E-state index is 12.6. The summed E-state index contributed by atoms with van der Waals surface area (Å²) >= 11 is 6.35. The summed E-state index contributed by atoms with van der Waals surface area (Å²) in [5.74, 6) is 0.660. The molecule has 8 heteroatoms. The Morgan fingerprint density at radius 3 is 2.81 bits per heavy atom. The highest BCUT2D eigenvalue weighted by Crippen LogP contribution is 2.23. The number of aliphatic imine (C=N–C) groups is 1. The quantitative estimate of drug-likeness (QED) is 0.891. The molecule has 0 bridgehead atoms. The molecular formula is C18H23ClN6O. The Kier molecular flexibility index (Phi) is 4.67. The van der Waals surface area contributed by atoms with E-state index in [4.69, 9.17) is 16.6 Å². The van der Waals surface area contributed by atoms with Gasteiger partial charge in [0.25, 0.3) is 5.56 Å². The van der Waals surface area contributed by atoms with Gasteiger partial charge < -0.3 is 4.98 Å². The molecule has 2 aliphatic heterocycles. The van der Waals surface area contributed by atoms with Crippen LogP contribution in [0.3, 0.4) is 0 Å². The van der Waals surface area contributed by atoms with E-state index < -0.39 is 0 Å². The first-order valence-corrected chi connectivity index (χ1v) is 9.47. The number of nitrogens with zero attached hydrogens (tertiary/aromatic N) is 5. The lowest BCUT2D eigenvalue weighted by Crippen LogP contribution is -2.36. The summed E-state index contributed by atoms with van der Waals surface area (Å²) in [5, 5.41) is 5.02. The van der Waals surface area contributed by atoms with Crippen LogP contribution >= 0.6 is 11.6 Å². The van der Waals surface area contributed by atoms with Crippen LogP contribution in [0.2, 0.25) is 5.15 Å². The van der Waals surface area contributed by atoms with Gasteiger partial charge in [0.05, 0.1) is 22.7 Å². The number of aromatic nitrogens is 4. The number of rotatable bonds is 3. The third-order valence-electron chi connectivity index (χ3n) is 5.20. The van der Waals surface area contributed by atoms with Crippen molar-refractivity contribution in [1.29, 1.82) is 0 Å². The first-order chi connectivity index (χ1) is 12.5. The number of hydrogen-bond acceptors (Lipinski definition) is 5. The molecule has 0 radical (unpaired) electrons. The van der Waals surface area contributed by atoms with Gasteiger partial charge in [0.1, 0.15) is 5.15 Å². The molecule has 4 rings (SSSR count). The Morgan fingerprint density at radius 1 is 1.27 bits per heavy atom. The predicted octanol–water partition coefficient (Wildman–Crippen LogP) is 2.00. The number of hydrogen-bond donors (Lipinski definition) is 1. The Morgan fingerprint density at radius 2 is 2.12 bits per heavy atom. The Balaban J connectivity index is 1.57. The SMILES string of the molecule is Cc1nn(C)c(Cl)c1CN1CCc2nc(C3=NCCCC3)[nH]c(=O)c2C1. The van der Waals surface area contributed by atoms with Crippen molar-refractivity contribution in [3.63, 3.8) is 0 Å². The summed E-state index contributed by atoms with van der Waals surface area (Å²) in [7, 11) is 1.84. The summed E-state index contributed by atoms with van der Waals surface area (Å²) in [6.07, 6.45) is 3.88. The van der Waals surface area contributed by atoms with Gasteiger partial charge >= 0.3 is 0 Å². The Bertz CT molecular complexity index is 928. The molecule has 1 N–H and O–H groups in total. The fourth-order valence-electron chi connectivity index (χ4n) is 3.72. The summed E-state index contributed by atoms with van der Waals surface area (Å²) < 4.78 is 1.69. The van der Waals surface area contributed by atoms with Gasteiger partial charge in [-0.05, 0) is 26.2 Å². The minimum Gasteiger partial charge on any atom is -0.305 e. The van der Waals surface area contributed by atoms with Crippen molar-refractivity contribution in [3.8, 4) is 0 Å². The maximum atomic E-state index is 12.6. The van der Waals surface area contributed by atoms with E-state index in [1.54, 1.807) is 4.68 Å². The molecule has 0 saturated carbocycles. The second kappa shape index (κ2) is 6.96. The topological polar surface area (TPSA) is 79.2 Å². The molecule has 0 aliphatic carbocycles. The molecule has 2 aliphatic rings. The average molecular weight is 375 g/mol. The molecule has 0 spiro atoms. The minimum absolute atomic E-state index is 0.0445. The highest BCUT2D eigenvalue weighted by Gasteiger charge is 2.24. The third kappa shape index (κ3) is 3.21. The van der Waals surface area contributed by atoms with Gasteiger partial charge in [-0.25, -0.2) is 4.98 Å². The largest absolute Gasteiger partial charge is 0.305 e. The lowest BCUT2D eigenvalue weighted by atomic mass is 10.0. The van der Waals surface area contributed by atoms with Crippen molar-refractivity contribution in [1.82, 2.24) is 24.6 Å². The zero-order chi connectivity index (χ0) is 18.3. The van der Waals surface area contributed by atoms with Gasteiger partial charge in [0.2, 0.25) is 0 Å². The Hall–Kier alpha value is -1.99. The molecule has 0 unspecified atom stereocenters. The van der Waals surface area contributed by atoms with Crippen LogP contribution in [-0.4, -0.2) is 43.4 Å². The molecule has 2 aromatic rings. The molecule has 26 heavy (non-hydrogen) atoms. The monoisotopic (exact) mass is 374 g/mol. The highest BCUT2D eigenvalue weighted by atomic mass is 35.5. The lowest BCUT2D eigenvalue weighted by Gasteiger charge is -2.27. The van der Waals surface area contributed by atoms with E-state index in [1.807, 2.05) is 14.0 Å². The predicted molar refractivity (Wildman–Crippen MR) is 101 cm³/mol. The third-order valence-corrected chi connectivity index (χ3v) is 5.67. The average Bonchev–Trinajstić information content (AvgIpc) is 2.89. The molecule has 0 saturated heterocycles. The first-order valence-electron chi connectivity index (χ1n) is 9.09. The second-order valence-electron chi connectivity index (χ2n) is 7.06. The van der Waals surface area contributed by atoms with E-state index >= 15 is 0 Å². The fraction of sp³-hybridized carbons (Fsp3) is 0.556. The molecule has 0 fully saturated rings. The normalized spacial score (nSPS) is 17.9. The van der Waals surface area contributed by atoms with E-state index in [9.17, 15) is 4.79 Å². The van der Waals surface area contributed by atoms with Gasteiger partial charge in [-0.2, -0.15) is 5.10 Å². The molecule has 0 aromatic carbocycles. The summed E-state index contributed by atoms with van der Waals surface area (Å²) in [6.45, 7) is 4.90. The molecule has 0 atom stereocenters. The van der Waals surface area contributed by atoms with Crippen LogP contribution in [0.5, 0.6) is 0 Å². The number of halogens is 1. The zero-order valence-corrected chi connectivity index (χ0v) is 15.9. The number of aryl methyl sites for hydroxylation is 2. The van der Waals surface area contributed by atoms with Gasteiger partial charge in [-0.3, -0.25) is 19.4 Å². The number of nitrogens with one attached hydrogen (secondary N) is 1. The van der Waals surface area contributed by atoms with Crippen LogP contribution in [0.1, 0.15) is 47.6 Å². The van der Waals surface area contributed by atoms with Crippen molar-refractivity contribution < 1.29 is 0 Å². The summed E-state index contributed by atoms with van der Waals surface area (Å²) in [6, 6.07) is 0. The van der Waals surface area contributed by atoms with E-state index in [1.165, 1.54) is 0 Å². The molecule has 4 heterocycles. The van der Waals surface area contributed by atoms with Gasteiger partial charge in [-0.15, -0.1) is 0 Å². The van der Waals surface area contributed by atoms with Gasteiger partial charge in [-0.1, -0.05) is 11.6 Å². The minimum atomic E-state index is -0.0445. The fourth-order valence-corrected chi connectivity index (χ4v) is 3.95. The maximum Gasteiger partial charge on any atom is 0.255 e. The number of H-pyrrole nitrogens is 1. The van der Waals surface area contributed by atoms with Crippen LogP contribution in [0.15, 0.2) is 9.79 Å². The highest BCUT2D eigenvalue weighted by molar-refractivity contribution is 6.30. The van der Waals surface area contributed by atoms with E-state index in [0.29, 0.717) is 24.1 Å². The molecule has 7 nitrogen and oxygen atoms in total. The number of fused-ring (bicyclic) bond motifs is 1. The van der Waals surface area contributed by atoms with Crippen molar-refractivity contribution in [2.45, 2.75) is 45.7 Å². The molecule has 2 aromatic heterocycles. The molecule has 0 amide bonds. The smallest absolute Gasteiger partial charge is 0.255 e. The summed E-state index contributed by atoms with van der Waals surface area (Å²) in [5.41, 5.74) is 4.51. The van der Waals surface area contributed by atoms with Crippen LogP contribution in [0.4, 0.5) is 0 Å². The van der Waals surface area contributed by atoms with Crippen molar-refractivity contribution in [2.75, 3.05) is 13.1 Å². The Labute approximate surface area is 157 Å². The zero-order valence-electron chi connectivity index (χ0n) is 15.2. The lowest BCUT2D eigenvalue weighted by molar-refractivity contribution is 0.241. The van der Waals surface area contributed by atoms with Gasteiger partial charge in [0, 0.05) is 45.2 Å².